The molecule has 0 aromatic heterocycles. The van der Waals surface area contributed by atoms with E-state index in [2.05, 4.69) is 22.6 Å². The van der Waals surface area contributed by atoms with E-state index in [-0.39, 0.29) is 23.5 Å². The van der Waals surface area contributed by atoms with Crippen LogP contribution in [0.15, 0.2) is 36.4 Å². The van der Waals surface area contributed by atoms with Crippen molar-refractivity contribution >= 4 is 45.5 Å². The number of hydrogen-bond acceptors (Lipinski definition) is 5. The minimum absolute atomic E-state index is 0.145. The van der Waals surface area contributed by atoms with Crippen LogP contribution in [0.5, 0.6) is 11.5 Å². The number of amides is 2. The minimum atomic E-state index is -0.494. The average Bonchev–Trinajstić information content (AvgIpc) is 2.91. The van der Waals surface area contributed by atoms with Gasteiger partial charge in [0, 0.05) is 0 Å². The molecule has 1 atom stereocenters. The second-order valence-electron chi connectivity index (χ2n) is 6.17. The van der Waals surface area contributed by atoms with E-state index in [1.807, 2.05) is 19.1 Å². The molecule has 2 aromatic carbocycles. The lowest BCUT2D eigenvalue weighted by molar-refractivity contribution is -0.127. The second-order valence-corrected chi connectivity index (χ2v) is 8.49. The fourth-order valence-electron chi connectivity index (χ4n) is 2.96. The maximum absolute atomic E-state index is 13.1. The molecule has 0 spiro atoms. The van der Waals surface area contributed by atoms with Crippen LogP contribution >= 0.6 is 34.4 Å². The summed E-state index contributed by atoms with van der Waals surface area (Å²) in [6.45, 7) is 2.53. The van der Waals surface area contributed by atoms with Crippen molar-refractivity contribution in [1.82, 2.24) is 4.90 Å². The molecule has 3 rings (SSSR count). The van der Waals surface area contributed by atoms with Gasteiger partial charge in [0.1, 0.15) is 5.82 Å². The van der Waals surface area contributed by atoms with Crippen LogP contribution in [-0.2, 0) is 17.8 Å². The number of methoxy groups -OCH3 is 1. The Kier molecular flexibility index (Phi) is 6.82. The summed E-state index contributed by atoms with van der Waals surface area (Å²) in [5.74, 6) is 0.694. The van der Waals surface area contributed by atoms with Crippen molar-refractivity contribution in [3.63, 3.8) is 0 Å². The first-order valence-corrected chi connectivity index (χ1v) is 10.6. The van der Waals surface area contributed by atoms with Gasteiger partial charge in [-0.3, -0.25) is 14.5 Å². The summed E-state index contributed by atoms with van der Waals surface area (Å²) >= 11 is 3.19. The Morgan fingerprint density at radius 2 is 1.89 bits per heavy atom. The number of carbonyl (C=O) groups excluding carboxylic acids is 2. The Morgan fingerprint density at radius 1 is 1.18 bits per heavy atom. The molecule has 1 fully saturated rings. The Hall–Kier alpha value is -1.81. The standard InChI is InChI=1S/C20H19FINO4S/c1-3-27-16-9-13(8-15(22)18(16)26-2)10-17-19(24)23(20(25)28-17)11-12-4-6-14(21)7-5-12/h4-9,17H,3,10-11H2,1-2H3/t17-/m0/s1. The molecule has 8 heteroatoms. The van der Waals surface area contributed by atoms with Crippen LogP contribution in [0.3, 0.4) is 0 Å². The van der Waals surface area contributed by atoms with Crippen molar-refractivity contribution in [2.45, 2.75) is 25.1 Å². The van der Waals surface area contributed by atoms with Crippen molar-refractivity contribution < 1.29 is 23.5 Å². The maximum Gasteiger partial charge on any atom is 0.289 e. The van der Waals surface area contributed by atoms with Crippen molar-refractivity contribution in [3.05, 3.63) is 56.9 Å². The van der Waals surface area contributed by atoms with Gasteiger partial charge in [-0.05, 0) is 71.3 Å². The average molecular weight is 515 g/mol. The number of nitrogens with zero attached hydrogens (tertiary/aromatic N) is 1. The van der Waals surface area contributed by atoms with Gasteiger partial charge in [0.05, 0.1) is 29.1 Å². The molecule has 1 aliphatic rings. The van der Waals surface area contributed by atoms with Gasteiger partial charge in [-0.1, -0.05) is 23.9 Å². The van der Waals surface area contributed by atoms with Crippen molar-refractivity contribution in [2.24, 2.45) is 0 Å². The van der Waals surface area contributed by atoms with Gasteiger partial charge in [-0.2, -0.15) is 0 Å². The molecule has 0 radical (unpaired) electrons. The van der Waals surface area contributed by atoms with Gasteiger partial charge >= 0.3 is 0 Å². The van der Waals surface area contributed by atoms with E-state index < -0.39 is 5.25 Å². The number of halogens is 2. The normalized spacial score (nSPS) is 16.6. The van der Waals surface area contributed by atoms with E-state index in [1.54, 1.807) is 19.2 Å². The summed E-state index contributed by atoms with van der Waals surface area (Å²) in [5, 5.41) is -0.779. The van der Waals surface area contributed by atoms with Gasteiger partial charge in [0.2, 0.25) is 5.91 Å². The molecule has 0 saturated carbocycles. The van der Waals surface area contributed by atoms with Crippen molar-refractivity contribution in [1.29, 1.82) is 0 Å². The molecule has 0 bridgehead atoms. The maximum atomic E-state index is 13.1. The molecule has 1 saturated heterocycles. The fourth-order valence-corrected chi connectivity index (χ4v) is 4.87. The zero-order valence-electron chi connectivity index (χ0n) is 15.4. The third-order valence-corrected chi connectivity index (χ3v) is 6.13. The highest BCUT2D eigenvalue weighted by Crippen LogP contribution is 2.36. The Bertz CT molecular complexity index is 891. The van der Waals surface area contributed by atoms with Crippen LogP contribution in [0, 0.1) is 9.39 Å². The van der Waals surface area contributed by atoms with Gasteiger partial charge in [-0.15, -0.1) is 0 Å². The second kappa shape index (κ2) is 9.13. The molecule has 0 N–H and O–H groups in total. The Morgan fingerprint density at radius 3 is 2.54 bits per heavy atom. The zero-order chi connectivity index (χ0) is 20.3. The van der Waals surface area contributed by atoms with E-state index in [1.165, 1.54) is 17.0 Å². The van der Waals surface area contributed by atoms with Crippen LogP contribution in [0.25, 0.3) is 0 Å². The predicted molar refractivity (Wildman–Crippen MR) is 114 cm³/mol. The highest BCUT2D eigenvalue weighted by atomic mass is 127. The fraction of sp³-hybridized carbons (Fsp3) is 0.300. The number of carbonyl (C=O) groups is 2. The van der Waals surface area contributed by atoms with Gasteiger partial charge < -0.3 is 9.47 Å². The lowest BCUT2D eigenvalue weighted by Crippen LogP contribution is -2.31. The molecule has 0 unspecified atom stereocenters. The van der Waals surface area contributed by atoms with Crippen LogP contribution in [0.4, 0.5) is 9.18 Å². The zero-order valence-corrected chi connectivity index (χ0v) is 18.4. The molecule has 2 aromatic rings. The molecule has 28 heavy (non-hydrogen) atoms. The van der Waals surface area contributed by atoms with Crippen LogP contribution < -0.4 is 9.47 Å². The third kappa shape index (κ3) is 4.60. The predicted octanol–water partition coefficient (Wildman–Crippen LogP) is 4.64. The minimum Gasteiger partial charge on any atom is -0.492 e. The van der Waals surface area contributed by atoms with Gasteiger partial charge in [-0.25, -0.2) is 4.39 Å². The smallest absolute Gasteiger partial charge is 0.289 e. The first-order valence-electron chi connectivity index (χ1n) is 8.68. The molecule has 1 aliphatic heterocycles. The number of imide groups is 1. The molecule has 1 heterocycles. The summed E-state index contributed by atoms with van der Waals surface area (Å²) in [4.78, 5) is 26.3. The summed E-state index contributed by atoms with van der Waals surface area (Å²) in [7, 11) is 1.59. The van der Waals surface area contributed by atoms with Gasteiger partial charge in [0.25, 0.3) is 5.24 Å². The number of benzene rings is 2. The molecule has 0 aliphatic carbocycles. The first kappa shape index (κ1) is 20.9. The summed E-state index contributed by atoms with van der Waals surface area (Å²) < 4.78 is 25.0. The number of thioether (sulfide) groups is 1. The lowest BCUT2D eigenvalue weighted by atomic mass is 10.1. The molecule has 2 amide bonds. The van der Waals surface area contributed by atoms with E-state index >= 15 is 0 Å². The van der Waals surface area contributed by atoms with E-state index in [9.17, 15) is 14.0 Å². The largest absolute Gasteiger partial charge is 0.492 e. The first-order chi connectivity index (χ1) is 13.4. The monoisotopic (exact) mass is 515 g/mol. The Labute approximate surface area is 180 Å². The molecular weight excluding hydrogens is 496 g/mol. The van der Waals surface area contributed by atoms with E-state index in [0.29, 0.717) is 30.1 Å². The van der Waals surface area contributed by atoms with Crippen LogP contribution in [0.1, 0.15) is 18.1 Å². The highest BCUT2D eigenvalue weighted by Gasteiger charge is 2.39. The molecule has 5 nitrogen and oxygen atoms in total. The summed E-state index contributed by atoms with van der Waals surface area (Å²) in [6, 6.07) is 9.58. The van der Waals surface area contributed by atoms with Gasteiger partial charge in [0.15, 0.2) is 11.5 Å². The van der Waals surface area contributed by atoms with Crippen LogP contribution in [-0.4, -0.2) is 35.0 Å². The number of hydrogen-bond donors (Lipinski definition) is 0. The molecule has 148 valence electrons. The lowest BCUT2D eigenvalue weighted by Gasteiger charge is -2.15. The van der Waals surface area contributed by atoms with E-state index in [0.717, 1.165) is 20.9 Å². The SMILES string of the molecule is CCOc1cc(C[C@@H]2SC(=O)N(Cc3ccc(F)cc3)C2=O)cc(I)c1OC. The summed E-state index contributed by atoms with van der Waals surface area (Å²) in [5.41, 5.74) is 1.61. The van der Waals surface area contributed by atoms with Crippen LogP contribution in [0.2, 0.25) is 0 Å². The quantitative estimate of drug-likeness (QED) is 0.503. The molecular formula is C20H19FINO4S. The van der Waals surface area contributed by atoms with Crippen molar-refractivity contribution in [3.8, 4) is 11.5 Å². The Balaban J connectivity index is 1.75. The highest BCUT2D eigenvalue weighted by molar-refractivity contribution is 14.1. The van der Waals surface area contributed by atoms with E-state index in [4.69, 9.17) is 9.47 Å². The third-order valence-electron chi connectivity index (χ3n) is 4.25. The van der Waals surface area contributed by atoms with Crippen molar-refractivity contribution in [2.75, 3.05) is 13.7 Å². The number of ether oxygens (including phenoxy) is 2. The number of rotatable bonds is 7. The topological polar surface area (TPSA) is 55.8 Å². The summed E-state index contributed by atoms with van der Waals surface area (Å²) in [6.07, 6.45) is 0.412.